The van der Waals surface area contributed by atoms with Crippen LogP contribution in [0.25, 0.3) is 0 Å². The molecule has 1 fully saturated rings. The second-order valence-electron chi connectivity index (χ2n) is 8.60. The van der Waals surface area contributed by atoms with E-state index in [9.17, 15) is 4.21 Å². The van der Waals surface area contributed by atoms with Gasteiger partial charge in [-0.05, 0) is 102 Å². The first kappa shape index (κ1) is 20.8. The SMILES string of the molecule is C=S(C)(=O)c1ccc(OC[C@@H]2CCCN(C3CCc4ccc(Cl)cc4C3)C2)cc1. The van der Waals surface area contributed by atoms with E-state index in [0.717, 1.165) is 41.7 Å². The van der Waals surface area contributed by atoms with Gasteiger partial charge in [0.2, 0.25) is 0 Å². The van der Waals surface area contributed by atoms with Crippen LogP contribution in [0, 0.1) is 5.92 Å². The zero-order valence-corrected chi connectivity index (χ0v) is 18.7. The van der Waals surface area contributed by atoms with Crippen LogP contribution in [0.4, 0.5) is 0 Å². The van der Waals surface area contributed by atoms with E-state index in [0.29, 0.717) is 12.0 Å². The fraction of sp³-hybridized carbons (Fsp3) is 0.458. The Morgan fingerprint density at radius 1 is 1.17 bits per heavy atom. The van der Waals surface area contributed by atoms with Crippen molar-refractivity contribution in [1.82, 2.24) is 4.90 Å². The molecule has 2 aliphatic rings. The van der Waals surface area contributed by atoms with Crippen molar-refractivity contribution in [2.75, 3.05) is 26.0 Å². The van der Waals surface area contributed by atoms with Crippen molar-refractivity contribution in [3.63, 3.8) is 0 Å². The highest BCUT2D eigenvalue weighted by Gasteiger charge is 2.29. The molecule has 1 saturated heterocycles. The molecule has 4 rings (SSSR count). The summed E-state index contributed by atoms with van der Waals surface area (Å²) < 4.78 is 18.1. The Kier molecular flexibility index (Phi) is 6.24. The highest BCUT2D eigenvalue weighted by atomic mass is 35.5. The Hall–Kier alpha value is -1.49. The number of halogens is 1. The minimum atomic E-state index is -2.17. The summed E-state index contributed by atoms with van der Waals surface area (Å²) in [4.78, 5) is 3.44. The van der Waals surface area contributed by atoms with Gasteiger partial charge in [0, 0.05) is 34.7 Å². The van der Waals surface area contributed by atoms with Crippen molar-refractivity contribution in [3.8, 4) is 5.75 Å². The molecule has 0 radical (unpaired) electrons. The summed E-state index contributed by atoms with van der Waals surface area (Å²) in [6.07, 6.45) is 7.58. The van der Waals surface area contributed by atoms with E-state index in [1.54, 1.807) is 6.26 Å². The molecule has 2 aromatic carbocycles. The summed E-state index contributed by atoms with van der Waals surface area (Å²) in [6, 6.07) is 14.5. The van der Waals surface area contributed by atoms with E-state index >= 15 is 0 Å². The molecule has 3 nitrogen and oxygen atoms in total. The van der Waals surface area contributed by atoms with Gasteiger partial charge in [0.1, 0.15) is 5.75 Å². The lowest BCUT2D eigenvalue weighted by molar-refractivity contribution is 0.0881. The van der Waals surface area contributed by atoms with E-state index in [1.165, 1.54) is 36.9 Å². The Bertz CT molecular complexity index is 955. The molecule has 0 bridgehead atoms. The van der Waals surface area contributed by atoms with Crippen molar-refractivity contribution < 1.29 is 8.95 Å². The largest absolute Gasteiger partial charge is 0.493 e. The number of benzene rings is 2. The zero-order valence-electron chi connectivity index (χ0n) is 17.1. The molecule has 0 spiro atoms. The number of hydrogen-bond acceptors (Lipinski definition) is 3. The van der Waals surface area contributed by atoms with Gasteiger partial charge in [-0.3, -0.25) is 9.11 Å². The Morgan fingerprint density at radius 2 is 1.97 bits per heavy atom. The zero-order chi connectivity index (χ0) is 20.4. The first-order valence-corrected chi connectivity index (χ1v) is 13.0. The van der Waals surface area contributed by atoms with Gasteiger partial charge in [-0.15, -0.1) is 0 Å². The Labute approximate surface area is 180 Å². The Morgan fingerprint density at radius 3 is 2.72 bits per heavy atom. The average Bonchev–Trinajstić information content (AvgIpc) is 2.71. The number of likely N-dealkylation sites (tertiary alicyclic amines) is 1. The van der Waals surface area contributed by atoms with Gasteiger partial charge >= 0.3 is 0 Å². The van der Waals surface area contributed by atoms with E-state index in [-0.39, 0.29) is 0 Å². The third-order valence-electron chi connectivity index (χ3n) is 6.25. The van der Waals surface area contributed by atoms with Crippen molar-refractivity contribution in [2.45, 2.75) is 43.0 Å². The first-order chi connectivity index (χ1) is 13.9. The Balaban J connectivity index is 1.33. The molecule has 0 amide bonds. The molecule has 0 saturated carbocycles. The van der Waals surface area contributed by atoms with E-state index in [4.69, 9.17) is 16.3 Å². The number of fused-ring (bicyclic) bond motifs is 1. The first-order valence-electron chi connectivity index (χ1n) is 10.4. The summed E-state index contributed by atoms with van der Waals surface area (Å²) >= 11 is 6.22. The van der Waals surface area contributed by atoms with Gasteiger partial charge in [0.05, 0.1) is 6.61 Å². The lowest BCUT2D eigenvalue weighted by Crippen LogP contribution is -2.46. The molecule has 156 valence electrons. The highest BCUT2D eigenvalue weighted by molar-refractivity contribution is 7.99. The smallest absolute Gasteiger partial charge is 0.119 e. The molecule has 3 atom stereocenters. The fourth-order valence-corrected chi connectivity index (χ4v) is 5.53. The average molecular weight is 432 g/mol. The van der Waals surface area contributed by atoms with Crippen LogP contribution in [-0.4, -0.2) is 47.0 Å². The maximum atomic E-state index is 12.0. The molecule has 2 unspecified atom stereocenters. The van der Waals surface area contributed by atoms with E-state index < -0.39 is 9.52 Å². The van der Waals surface area contributed by atoms with Gasteiger partial charge in [0.15, 0.2) is 0 Å². The maximum Gasteiger partial charge on any atom is 0.119 e. The van der Waals surface area contributed by atoms with Gasteiger partial charge in [0.25, 0.3) is 0 Å². The van der Waals surface area contributed by atoms with Gasteiger partial charge in [-0.1, -0.05) is 17.7 Å². The lowest BCUT2D eigenvalue weighted by Gasteiger charge is -2.40. The van der Waals surface area contributed by atoms with Crippen LogP contribution in [0.2, 0.25) is 5.02 Å². The minimum absolute atomic E-state index is 0.549. The number of ether oxygens (including phenoxy) is 1. The quantitative estimate of drug-likeness (QED) is 0.643. The second-order valence-corrected chi connectivity index (χ2v) is 11.5. The summed E-state index contributed by atoms with van der Waals surface area (Å²) in [5.74, 6) is 5.13. The van der Waals surface area contributed by atoms with Crippen molar-refractivity contribution in [3.05, 3.63) is 58.6 Å². The van der Waals surface area contributed by atoms with Crippen LogP contribution in [0.15, 0.2) is 47.4 Å². The van der Waals surface area contributed by atoms with Crippen LogP contribution >= 0.6 is 11.6 Å². The number of rotatable bonds is 5. The number of piperidine rings is 1. The molecular weight excluding hydrogens is 402 g/mol. The highest BCUT2D eigenvalue weighted by Crippen LogP contribution is 2.30. The monoisotopic (exact) mass is 431 g/mol. The van der Waals surface area contributed by atoms with Crippen molar-refractivity contribution >= 4 is 27.0 Å². The summed E-state index contributed by atoms with van der Waals surface area (Å²) in [5, 5.41) is 0.845. The molecule has 29 heavy (non-hydrogen) atoms. The maximum absolute atomic E-state index is 12.0. The van der Waals surface area contributed by atoms with Crippen LogP contribution < -0.4 is 4.74 Å². The predicted molar refractivity (Wildman–Crippen MR) is 123 cm³/mol. The molecule has 1 heterocycles. The van der Waals surface area contributed by atoms with E-state index in [2.05, 4.69) is 22.9 Å². The standard InChI is InChI=1S/C24H30ClNO2S/c1-29(2,27)24-11-9-23(10-12-24)28-17-18-4-3-13-26(16-18)22-8-6-19-5-7-21(25)14-20(19)15-22/h5,7,9-12,14,18,22H,1,3-4,6,8,13,15-17H2,2H3/t18-,22?,29?/m1/s1. The summed E-state index contributed by atoms with van der Waals surface area (Å²) in [5.41, 5.74) is 2.88. The molecular formula is C24H30ClNO2S. The van der Waals surface area contributed by atoms with Gasteiger partial charge in [-0.2, -0.15) is 0 Å². The molecule has 5 heteroatoms. The van der Waals surface area contributed by atoms with Gasteiger partial charge < -0.3 is 4.74 Å². The van der Waals surface area contributed by atoms with Crippen LogP contribution in [0.3, 0.4) is 0 Å². The van der Waals surface area contributed by atoms with Crippen LogP contribution in [0.1, 0.15) is 30.4 Å². The lowest BCUT2D eigenvalue weighted by atomic mass is 9.86. The topological polar surface area (TPSA) is 29.5 Å². The molecule has 1 aliphatic heterocycles. The van der Waals surface area contributed by atoms with Crippen molar-refractivity contribution in [1.29, 1.82) is 0 Å². The molecule has 0 aromatic heterocycles. The second kappa shape index (κ2) is 8.71. The summed E-state index contributed by atoms with van der Waals surface area (Å²) in [6.45, 7) is 3.01. The molecule has 1 aliphatic carbocycles. The number of hydrogen-bond donors (Lipinski definition) is 0. The van der Waals surface area contributed by atoms with Gasteiger partial charge in [-0.25, -0.2) is 0 Å². The molecule has 2 aromatic rings. The number of aryl methyl sites for hydroxylation is 1. The number of nitrogens with zero attached hydrogens (tertiary/aromatic N) is 1. The van der Waals surface area contributed by atoms with Crippen LogP contribution in [0.5, 0.6) is 5.75 Å². The van der Waals surface area contributed by atoms with Crippen LogP contribution in [-0.2, 0) is 22.4 Å². The third kappa shape index (κ3) is 5.17. The predicted octanol–water partition coefficient (Wildman–Crippen LogP) is 4.69. The summed E-state index contributed by atoms with van der Waals surface area (Å²) in [7, 11) is -2.17. The van der Waals surface area contributed by atoms with Crippen molar-refractivity contribution in [2.24, 2.45) is 5.92 Å². The fourth-order valence-electron chi connectivity index (χ4n) is 4.62. The molecule has 0 N–H and O–H groups in total. The minimum Gasteiger partial charge on any atom is -0.493 e. The third-order valence-corrected chi connectivity index (χ3v) is 7.75. The van der Waals surface area contributed by atoms with E-state index in [1.807, 2.05) is 30.3 Å². The normalized spacial score (nSPS) is 24.5.